The highest BCUT2D eigenvalue weighted by Crippen LogP contribution is 2.67. The van der Waals surface area contributed by atoms with Gasteiger partial charge in [-0.2, -0.15) is 0 Å². The molecule has 4 aliphatic rings. The van der Waals surface area contributed by atoms with Gasteiger partial charge in [-0.3, -0.25) is 4.79 Å². The molecule has 1 unspecified atom stereocenters. The highest BCUT2D eigenvalue weighted by atomic mass is 79.9. The van der Waals surface area contributed by atoms with Gasteiger partial charge in [0.2, 0.25) is 0 Å². The molecule has 0 amide bonds. The van der Waals surface area contributed by atoms with Gasteiger partial charge in [-0.1, -0.05) is 41.1 Å². The molecule has 2 bridgehead atoms. The van der Waals surface area contributed by atoms with Crippen molar-refractivity contribution in [2.75, 3.05) is 0 Å². The van der Waals surface area contributed by atoms with Crippen molar-refractivity contribution in [3.8, 4) is 0 Å². The van der Waals surface area contributed by atoms with Crippen molar-refractivity contribution >= 4 is 21.7 Å². The van der Waals surface area contributed by atoms with Crippen molar-refractivity contribution < 1.29 is 14.6 Å². The standard InChI is InChI=1S/C19H19BrO3/c1-9-13(20)4-3-11-12-7-14(21)19-6-5-10(23-19)8-18(19,2)16(12)17(22)15(9)11/h3-6,10,12,14,16,21H,7-8H2,1-2H3/t10-,12-,14?,16+,18+,19-/m0/s1. The summed E-state index contributed by atoms with van der Waals surface area (Å²) in [7, 11) is 0. The second-order valence-corrected chi connectivity index (χ2v) is 8.62. The minimum Gasteiger partial charge on any atom is -0.390 e. The third kappa shape index (κ3) is 1.43. The molecule has 3 nitrogen and oxygen atoms in total. The number of carbonyl (C=O) groups excluding carboxylic acids is 1. The quantitative estimate of drug-likeness (QED) is 0.706. The number of rotatable bonds is 0. The van der Waals surface area contributed by atoms with E-state index in [1.807, 2.05) is 19.1 Å². The Morgan fingerprint density at radius 3 is 2.91 bits per heavy atom. The maximum absolute atomic E-state index is 13.3. The van der Waals surface area contributed by atoms with Crippen molar-refractivity contribution in [2.24, 2.45) is 11.3 Å². The van der Waals surface area contributed by atoms with Crippen LogP contribution in [0.25, 0.3) is 0 Å². The summed E-state index contributed by atoms with van der Waals surface area (Å²) < 4.78 is 7.15. The number of ether oxygens (including phenoxy) is 1. The van der Waals surface area contributed by atoms with E-state index in [9.17, 15) is 9.90 Å². The number of Topliss-reactive ketones (excluding diaryl/α,β-unsaturated/α-hetero) is 1. The van der Waals surface area contributed by atoms with E-state index in [-0.39, 0.29) is 29.1 Å². The Hall–Kier alpha value is -0.970. The normalized spacial score (nSPS) is 46.0. The van der Waals surface area contributed by atoms with Crippen LogP contribution in [0.4, 0.5) is 0 Å². The van der Waals surface area contributed by atoms with Crippen LogP contribution in [0.2, 0.25) is 0 Å². The summed E-state index contributed by atoms with van der Waals surface area (Å²) in [6, 6.07) is 4.09. The maximum atomic E-state index is 13.3. The highest BCUT2D eigenvalue weighted by Gasteiger charge is 2.71. The Morgan fingerprint density at radius 1 is 1.39 bits per heavy atom. The molecule has 1 saturated carbocycles. The Balaban J connectivity index is 1.73. The van der Waals surface area contributed by atoms with Crippen LogP contribution < -0.4 is 0 Å². The lowest BCUT2D eigenvalue weighted by molar-refractivity contribution is -0.145. The van der Waals surface area contributed by atoms with Gasteiger partial charge in [-0.05, 0) is 42.9 Å². The number of hydrogen-bond acceptors (Lipinski definition) is 3. The molecule has 5 rings (SSSR count). The molecule has 2 fully saturated rings. The number of aliphatic hydroxyl groups is 1. The van der Waals surface area contributed by atoms with Gasteiger partial charge in [0.05, 0.1) is 12.2 Å². The molecule has 1 spiro atoms. The van der Waals surface area contributed by atoms with E-state index in [2.05, 4.69) is 35.0 Å². The second kappa shape index (κ2) is 4.16. The predicted octanol–water partition coefficient (Wildman–Crippen LogP) is 3.52. The third-order valence-electron chi connectivity index (χ3n) is 6.84. The van der Waals surface area contributed by atoms with Gasteiger partial charge in [0.15, 0.2) is 5.78 Å². The first-order chi connectivity index (χ1) is 10.9. The second-order valence-electron chi connectivity index (χ2n) is 7.77. The number of fused-ring (bicyclic) bond motifs is 5. The fourth-order valence-corrected chi connectivity index (χ4v) is 6.14. The number of ketones is 1. The van der Waals surface area contributed by atoms with E-state index in [4.69, 9.17) is 4.74 Å². The Labute approximate surface area is 143 Å². The Kier molecular flexibility index (Phi) is 2.60. The van der Waals surface area contributed by atoms with Gasteiger partial charge < -0.3 is 9.84 Å². The smallest absolute Gasteiger partial charge is 0.167 e. The molecule has 23 heavy (non-hydrogen) atoms. The van der Waals surface area contributed by atoms with E-state index in [1.165, 1.54) is 0 Å². The number of aliphatic hydroxyl groups excluding tert-OH is 1. The Morgan fingerprint density at radius 2 is 2.17 bits per heavy atom. The molecule has 2 heterocycles. The van der Waals surface area contributed by atoms with Crippen LogP contribution in [-0.2, 0) is 4.74 Å². The van der Waals surface area contributed by atoms with Crippen molar-refractivity contribution in [1.82, 2.24) is 0 Å². The molecule has 1 N–H and O–H groups in total. The molecule has 120 valence electrons. The third-order valence-corrected chi connectivity index (χ3v) is 7.70. The molecule has 1 saturated heterocycles. The molecule has 6 atom stereocenters. The van der Waals surface area contributed by atoms with Crippen molar-refractivity contribution in [3.05, 3.63) is 45.4 Å². The molecular weight excluding hydrogens is 356 g/mol. The average molecular weight is 375 g/mol. The summed E-state index contributed by atoms with van der Waals surface area (Å²) in [5.74, 6) is 0.247. The summed E-state index contributed by atoms with van der Waals surface area (Å²) in [5.41, 5.74) is 1.99. The first kappa shape index (κ1) is 14.4. The molecule has 1 aromatic rings. The van der Waals surface area contributed by atoms with Crippen LogP contribution in [0.1, 0.15) is 47.2 Å². The van der Waals surface area contributed by atoms with Gasteiger partial charge in [-0.25, -0.2) is 0 Å². The van der Waals surface area contributed by atoms with Gasteiger partial charge in [0, 0.05) is 21.4 Å². The lowest BCUT2D eigenvalue weighted by Gasteiger charge is -2.52. The minimum absolute atomic E-state index is 0.0396. The molecule has 1 aromatic carbocycles. The van der Waals surface area contributed by atoms with E-state index < -0.39 is 11.7 Å². The van der Waals surface area contributed by atoms with Crippen LogP contribution in [0.5, 0.6) is 0 Å². The highest BCUT2D eigenvalue weighted by molar-refractivity contribution is 9.10. The van der Waals surface area contributed by atoms with Gasteiger partial charge in [0.25, 0.3) is 0 Å². The molecule has 2 aliphatic carbocycles. The van der Waals surface area contributed by atoms with Crippen molar-refractivity contribution in [2.45, 2.75) is 50.4 Å². The zero-order valence-corrected chi connectivity index (χ0v) is 14.8. The first-order valence-electron chi connectivity index (χ1n) is 8.27. The number of hydrogen-bond donors (Lipinski definition) is 1. The topological polar surface area (TPSA) is 46.5 Å². The number of halogens is 1. The summed E-state index contributed by atoms with van der Waals surface area (Å²) in [6.07, 6.45) is 4.98. The van der Waals surface area contributed by atoms with E-state index in [0.29, 0.717) is 6.42 Å². The monoisotopic (exact) mass is 374 g/mol. The van der Waals surface area contributed by atoms with Gasteiger partial charge in [-0.15, -0.1) is 0 Å². The van der Waals surface area contributed by atoms with Crippen LogP contribution in [0.3, 0.4) is 0 Å². The van der Waals surface area contributed by atoms with Crippen LogP contribution in [-0.4, -0.2) is 28.7 Å². The lowest BCUT2D eigenvalue weighted by atomic mass is 9.52. The Bertz CT molecular complexity index is 785. The van der Waals surface area contributed by atoms with Crippen molar-refractivity contribution in [1.29, 1.82) is 0 Å². The predicted molar refractivity (Wildman–Crippen MR) is 89.5 cm³/mol. The summed E-state index contributed by atoms with van der Waals surface area (Å²) in [4.78, 5) is 13.3. The molecule has 2 aliphatic heterocycles. The van der Waals surface area contributed by atoms with Crippen LogP contribution >= 0.6 is 15.9 Å². The van der Waals surface area contributed by atoms with E-state index in [0.717, 1.165) is 27.6 Å². The van der Waals surface area contributed by atoms with Gasteiger partial charge in [0.1, 0.15) is 5.60 Å². The molecule has 0 aromatic heterocycles. The zero-order valence-electron chi connectivity index (χ0n) is 13.2. The largest absolute Gasteiger partial charge is 0.390 e. The molecule has 4 heteroatoms. The van der Waals surface area contributed by atoms with E-state index in [1.54, 1.807) is 0 Å². The summed E-state index contributed by atoms with van der Waals surface area (Å²) in [6.45, 7) is 4.15. The van der Waals surface area contributed by atoms with Crippen LogP contribution in [0.15, 0.2) is 28.8 Å². The van der Waals surface area contributed by atoms with Crippen molar-refractivity contribution in [3.63, 3.8) is 0 Å². The summed E-state index contributed by atoms with van der Waals surface area (Å²) >= 11 is 3.55. The van der Waals surface area contributed by atoms with E-state index >= 15 is 0 Å². The first-order valence-corrected chi connectivity index (χ1v) is 9.07. The van der Waals surface area contributed by atoms with Crippen LogP contribution in [0, 0.1) is 18.3 Å². The zero-order chi connectivity index (χ0) is 16.1. The fraction of sp³-hybridized carbons (Fsp3) is 0.526. The fourth-order valence-electron chi connectivity index (χ4n) is 5.80. The number of carbonyl (C=O) groups is 1. The molecule has 0 radical (unpaired) electrons. The SMILES string of the molecule is Cc1c(Br)ccc2c1C(=O)[C@H]1[C@H]2CC(O)[C@@]23C=C[C@@H](C[C@]12C)O3. The summed E-state index contributed by atoms with van der Waals surface area (Å²) in [5, 5.41) is 10.9. The van der Waals surface area contributed by atoms with Gasteiger partial charge >= 0.3 is 0 Å². The lowest BCUT2D eigenvalue weighted by Crippen LogP contribution is -2.60. The number of benzene rings is 1. The minimum atomic E-state index is -0.679. The maximum Gasteiger partial charge on any atom is 0.167 e. The average Bonchev–Trinajstić information content (AvgIpc) is 3.12. The molecular formula is C19H19BrO3.